The van der Waals surface area contributed by atoms with Crippen LogP contribution in [0.15, 0.2) is 12.1 Å². The smallest absolute Gasteiger partial charge is 0.303 e. The number of ether oxygens (including phenoxy) is 3. The van der Waals surface area contributed by atoms with Gasteiger partial charge >= 0.3 is 5.97 Å². The third kappa shape index (κ3) is 4.35. The molecule has 0 unspecified atom stereocenters. The van der Waals surface area contributed by atoms with E-state index in [1.165, 1.54) is 0 Å². The van der Waals surface area contributed by atoms with Crippen molar-refractivity contribution in [2.45, 2.75) is 26.2 Å². The molecule has 19 heavy (non-hydrogen) atoms. The Morgan fingerprint density at radius 3 is 2.37 bits per heavy atom. The van der Waals surface area contributed by atoms with Crippen LogP contribution in [0.5, 0.6) is 17.2 Å². The molecule has 106 valence electrons. The standard InChI is InChI=1S/C14H20O5/c1-4-19-13-8-10(6-5-7-14(15)16)11(17-2)9-12(13)18-3/h8-9H,4-7H2,1-3H3,(H,15,16). The van der Waals surface area contributed by atoms with E-state index in [9.17, 15) is 4.79 Å². The fourth-order valence-corrected chi connectivity index (χ4v) is 1.83. The summed E-state index contributed by atoms with van der Waals surface area (Å²) >= 11 is 0. The Balaban J connectivity index is 2.93. The first-order chi connectivity index (χ1) is 9.12. The van der Waals surface area contributed by atoms with Crippen molar-refractivity contribution in [1.82, 2.24) is 0 Å². The second-order valence-electron chi connectivity index (χ2n) is 4.00. The molecule has 5 nitrogen and oxygen atoms in total. The number of aryl methyl sites for hydroxylation is 1. The van der Waals surface area contributed by atoms with Crippen LogP contribution in [0.2, 0.25) is 0 Å². The Labute approximate surface area is 113 Å². The highest BCUT2D eigenvalue weighted by Gasteiger charge is 2.12. The predicted octanol–water partition coefficient (Wildman–Crippen LogP) is 2.51. The molecule has 0 aliphatic carbocycles. The van der Waals surface area contributed by atoms with Gasteiger partial charge in [-0.05, 0) is 31.4 Å². The number of carbonyl (C=O) groups is 1. The molecule has 5 heteroatoms. The third-order valence-electron chi connectivity index (χ3n) is 2.70. The van der Waals surface area contributed by atoms with Gasteiger partial charge in [-0.2, -0.15) is 0 Å². The van der Waals surface area contributed by atoms with Crippen molar-refractivity contribution < 1.29 is 24.1 Å². The summed E-state index contributed by atoms with van der Waals surface area (Å²) in [5, 5.41) is 8.66. The van der Waals surface area contributed by atoms with E-state index < -0.39 is 5.97 Å². The SMILES string of the molecule is CCOc1cc(CCCC(=O)O)c(OC)cc1OC. The first-order valence-electron chi connectivity index (χ1n) is 6.21. The molecule has 0 atom stereocenters. The summed E-state index contributed by atoms with van der Waals surface area (Å²) < 4.78 is 16.0. The Hall–Kier alpha value is -1.91. The molecule has 0 saturated heterocycles. The zero-order valence-corrected chi connectivity index (χ0v) is 11.6. The predicted molar refractivity (Wildman–Crippen MR) is 71.3 cm³/mol. The molecule has 0 heterocycles. The molecule has 0 spiro atoms. The molecule has 0 radical (unpaired) electrons. The second-order valence-corrected chi connectivity index (χ2v) is 4.00. The van der Waals surface area contributed by atoms with Crippen molar-refractivity contribution in [3.63, 3.8) is 0 Å². The van der Waals surface area contributed by atoms with Gasteiger partial charge in [0.1, 0.15) is 5.75 Å². The first-order valence-corrected chi connectivity index (χ1v) is 6.21. The lowest BCUT2D eigenvalue weighted by molar-refractivity contribution is -0.137. The molecular weight excluding hydrogens is 248 g/mol. The fourth-order valence-electron chi connectivity index (χ4n) is 1.83. The third-order valence-corrected chi connectivity index (χ3v) is 2.70. The number of rotatable bonds is 8. The molecule has 1 rings (SSSR count). The average Bonchev–Trinajstić information content (AvgIpc) is 2.39. The van der Waals surface area contributed by atoms with Gasteiger partial charge in [-0.3, -0.25) is 4.79 Å². The van der Waals surface area contributed by atoms with Crippen LogP contribution in [0.3, 0.4) is 0 Å². The monoisotopic (exact) mass is 268 g/mol. The van der Waals surface area contributed by atoms with E-state index in [4.69, 9.17) is 19.3 Å². The van der Waals surface area contributed by atoms with E-state index in [-0.39, 0.29) is 6.42 Å². The molecule has 0 aromatic heterocycles. The summed E-state index contributed by atoms with van der Waals surface area (Å²) in [6.07, 6.45) is 1.32. The van der Waals surface area contributed by atoms with E-state index >= 15 is 0 Å². The summed E-state index contributed by atoms with van der Waals surface area (Å²) in [5.74, 6) is 1.15. The van der Waals surface area contributed by atoms with E-state index in [2.05, 4.69) is 0 Å². The summed E-state index contributed by atoms with van der Waals surface area (Å²) in [6, 6.07) is 3.62. The summed E-state index contributed by atoms with van der Waals surface area (Å²) in [4.78, 5) is 10.5. The highest BCUT2D eigenvalue weighted by molar-refractivity contribution is 5.66. The Morgan fingerprint density at radius 1 is 1.16 bits per heavy atom. The number of methoxy groups -OCH3 is 2. The van der Waals surface area contributed by atoms with Crippen LogP contribution in [0, 0.1) is 0 Å². The molecule has 0 bridgehead atoms. The maximum absolute atomic E-state index is 10.5. The molecule has 0 amide bonds. The van der Waals surface area contributed by atoms with Gasteiger partial charge in [0.2, 0.25) is 0 Å². The normalized spacial score (nSPS) is 10.1. The van der Waals surface area contributed by atoms with Crippen LogP contribution in [0.1, 0.15) is 25.3 Å². The maximum Gasteiger partial charge on any atom is 0.303 e. The van der Waals surface area contributed by atoms with Crippen molar-refractivity contribution in [3.8, 4) is 17.2 Å². The van der Waals surface area contributed by atoms with Gasteiger partial charge in [0.05, 0.1) is 20.8 Å². The van der Waals surface area contributed by atoms with Gasteiger partial charge in [0.25, 0.3) is 0 Å². The molecule has 0 aliphatic heterocycles. The number of hydrogen-bond donors (Lipinski definition) is 1. The average molecular weight is 268 g/mol. The quantitative estimate of drug-likeness (QED) is 0.784. The maximum atomic E-state index is 10.5. The van der Waals surface area contributed by atoms with Crippen molar-refractivity contribution in [1.29, 1.82) is 0 Å². The van der Waals surface area contributed by atoms with Gasteiger partial charge in [0.15, 0.2) is 11.5 Å². The first kappa shape index (κ1) is 15.1. The number of hydrogen-bond acceptors (Lipinski definition) is 4. The van der Waals surface area contributed by atoms with Crippen molar-refractivity contribution in [2.24, 2.45) is 0 Å². The molecular formula is C14H20O5. The van der Waals surface area contributed by atoms with Gasteiger partial charge in [-0.25, -0.2) is 0 Å². The van der Waals surface area contributed by atoms with Crippen LogP contribution < -0.4 is 14.2 Å². The zero-order chi connectivity index (χ0) is 14.3. The molecule has 1 N–H and O–H groups in total. The van der Waals surface area contributed by atoms with Crippen LogP contribution >= 0.6 is 0 Å². The van der Waals surface area contributed by atoms with Crippen molar-refractivity contribution in [3.05, 3.63) is 17.7 Å². The largest absolute Gasteiger partial charge is 0.496 e. The summed E-state index contributed by atoms with van der Waals surface area (Å²) in [5.41, 5.74) is 0.924. The van der Waals surface area contributed by atoms with E-state index in [1.54, 1.807) is 20.3 Å². The topological polar surface area (TPSA) is 65.0 Å². The Bertz CT molecular complexity index is 428. The van der Waals surface area contributed by atoms with Crippen LogP contribution in [0.4, 0.5) is 0 Å². The minimum absolute atomic E-state index is 0.138. The zero-order valence-electron chi connectivity index (χ0n) is 11.6. The fraction of sp³-hybridized carbons (Fsp3) is 0.500. The molecule has 0 fully saturated rings. The van der Waals surface area contributed by atoms with Gasteiger partial charge in [0, 0.05) is 12.5 Å². The molecule has 1 aromatic rings. The molecule has 0 aliphatic rings. The van der Waals surface area contributed by atoms with E-state index in [1.807, 2.05) is 13.0 Å². The van der Waals surface area contributed by atoms with Gasteiger partial charge in [-0.15, -0.1) is 0 Å². The lowest BCUT2D eigenvalue weighted by Gasteiger charge is -2.14. The minimum atomic E-state index is -0.794. The second kappa shape index (κ2) is 7.51. The van der Waals surface area contributed by atoms with Crippen LogP contribution in [-0.4, -0.2) is 31.9 Å². The van der Waals surface area contributed by atoms with Crippen molar-refractivity contribution in [2.75, 3.05) is 20.8 Å². The summed E-state index contributed by atoms with van der Waals surface area (Å²) in [6.45, 7) is 2.44. The van der Waals surface area contributed by atoms with E-state index in [0.29, 0.717) is 36.7 Å². The van der Waals surface area contributed by atoms with Gasteiger partial charge < -0.3 is 19.3 Å². The highest BCUT2D eigenvalue weighted by atomic mass is 16.5. The molecule has 0 saturated carbocycles. The minimum Gasteiger partial charge on any atom is -0.496 e. The van der Waals surface area contributed by atoms with Crippen molar-refractivity contribution >= 4 is 5.97 Å². The lowest BCUT2D eigenvalue weighted by Crippen LogP contribution is -2.01. The Kier molecular flexibility index (Phi) is 5.99. The summed E-state index contributed by atoms with van der Waals surface area (Å²) in [7, 11) is 3.15. The molecule has 1 aromatic carbocycles. The van der Waals surface area contributed by atoms with Crippen LogP contribution in [-0.2, 0) is 11.2 Å². The number of carboxylic acids is 1. The van der Waals surface area contributed by atoms with Crippen LogP contribution in [0.25, 0.3) is 0 Å². The number of benzene rings is 1. The number of aliphatic carboxylic acids is 1. The Morgan fingerprint density at radius 2 is 1.84 bits per heavy atom. The highest BCUT2D eigenvalue weighted by Crippen LogP contribution is 2.35. The van der Waals surface area contributed by atoms with Gasteiger partial charge in [-0.1, -0.05) is 0 Å². The van der Waals surface area contributed by atoms with E-state index in [0.717, 1.165) is 5.56 Å². The number of carboxylic acid groups (broad SMARTS) is 1. The lowest BCUT2D eigenvalue weighted by atomic mass is 10.1.